The van der Waals surface area contributed by atoms with Gasteiger partial charge in [0.2, 0.25) is 5.91 Å². The van der Waals surface area contributed by atoms with Gasteiger partial charge in [-0.25, -0.2) is 0 Å². The zero-order valence-corrected chi connectivity index (χ0v) is 13.8. The molecular weight excluding hydrogens is 278 g/mol. The van der Waals surface area contributed by atoms with E-state index in [-0.39, 0.29) is 29.7 Å². The fourth-order valence-corrected chi connectivity index (χ4v) is 5.20. The van der Waals surface area contributed by atoms with Gasteiger partial charge in [-0.2, -0.15) is 0 Å². The molecule has 0 aromatic rings. The van der Waals surface area contributed by atoms with Gasteiger partial charge in [0.05, 0.1) is 11.8 Å². The highest BCUT2D eigenvalue weighted by Gasteiger charge is 2.58. The van der Waals surface area contributed by atoms with E-state index in [1.807, 2.05) is 4.90 Å². The summed E-state index contributed by atoms with van der Waals surface area (Å²) in [6.07, 6.45) is 5.17. The highest BCUT2D eigenvalue weighted by atomic mass is 16.4. The van der Waals surface area contributed by atoms with Crippen molar-refractivity contribution in [3.63, 3.8) is 0 Å². The van der Waals surface area contributed by atoms with Gasteiger partial charge >= 0.3 is 5.97 Å². The Balaban J connectivity index is 1.93. The number of fused-ring (bicyclic) bond motifs is 2. The molecule has 0 aromatic carbocycles. The van der Waals surface area contributed by atoms with E-state index in [1.54, 1.807) is 0 Å². The van der Waals surface area contributed by atoms with E-state index in [9.17, 15) is 14.7 Å². The Bertz CT molecular complexity index is 520. The van der Waals surface area contributed by atoms with Crippen LogP contribution in [0.2, 0.25) is 0 Å². The molecule has 22 heavy (non-hydrogen) atoms. The molecule has 5 atom stereocenters. The van der Waals surface area contributed by atoms with Crippen LogP contribution in [0.5, 0.6) is 0 Å². The lowest BCUT2D eigenvalue weighted by Gasteiger charge is -2.38. The maximum Gasteiger partial charge on any atom is 0.307 e. The number of piperidine rings is 1. The van der Waals surface area contributed by atoms with Crippen molar-refractivity contribution in [1.82, 2.24) is 4.90 Å². The Morgan fingerprint density at radius 3 is 2.23 bits per heavy atom. The molecule has 1 amide bonds. The Morgan fingerprint density at radius 1 is 1.05 bits per heavy atom. The van der Waals surface area contributed by atoms with Gasteiger partial charge in [-0.3, -0.25) is 9.59 Å². The van der Waals surface area contributed by atoms with Crippen molar-refractivity contribution in [1.29, 1.82) is 0 Å². The van der Waals surface area contributed by atoms with Gasteiger partial charge < -0.3 is 10.0 Å². The molecule has 2 saturated carbocycles. The Labute approximate surface area is 132 Å². The first kappa shape index (κ1) is 15.6. The van der Waals surface area contributed by atoms with E-state index >= 15 is 0 Å². The van der Waals surface area contributed by atoms with Crippen molar-refractivity contribution >= 4 is 11.9 Å². The molecule has 1 saturated heterocycles. The molecule has 2 aliphatic carbocycles. The first-order valence-corrected chi connectivity index (χ1v) is 8.64. The second-order valence-electron chi connectivity index (χ2n) is 7.51. The SMILES string of the molecule is CC(C)=C1[C@H]2CC[C@@H]1[C@@H](C(=O)O)[C@@H]2C(=O)N1CCCC[C@@H]1C. The van der Waals surface area contributed by atoms with Crippen LogP contribution in [0.4, 0.5) is 0 Å². The van der Waals surface area contributed by atoms with Crippen molar-refractivity contribution in [2.75, 3.05) is 6.54 Å². The number of hydrogen-bond acceptors (Lipinski definition) is 2. The minimum atomic E-state index is -0.783. The normalized spacial score (nSPS) is 37.5. The van der Waals surface area contributed by atoms with Crippen LogP contribution in [-0.2, 0) is 9.59 Å². The van der Waals surface area contributed by atoms with Crippen molar-refractivity contribution in [2.45, 2.75) is 58.9 Å². The summed E-state index contributed by atoms with van der Waals surface area (Å²) >= 11 is 0. The van der Waals surface area contributed by atoms with Crippen molar-refractivity contribution in [3.05, 3.63) is 11.1 Å². The average Bonchev–Trinajstić information content (AvgIpc) is 3.02. The van der Waals surface area contributed by atoms with E-state index in [4.69, 9.17) is 0 Å². The number of carbonyl (C=O) groups is 2. The molecule has 3 rings (SSSR count). The van der Waals surface area contributed by atoms with E-state index < -0.39 is 11.9 Å². The summed E-state index contributed by atoms with van der Waals surface area (Å²) in [6, 6.07) is 0.255. The Morgan fingerprint density at radius 2 is 1.68 bits per heavy atom. The number of likely N-dealkylation sites (tertiary alicyclic amines) is 1. The highest BCUT2D eigenvalue weighted by Crippen LogP contribution is 2.57. The Hall–Kier alpha value is -1.32. The standard InChI is InChI=1S/C18H27NO3/c1-10(2)14-12-7-8-13(14)16(18(21)22)15(12)17(20)19-9-5-4-6-11(19)3/h11-13,15-16H,4-9H2,1-3H3,(H,21,22)/t11-,12+,13-,15+,16+/m0/s1. The molecule has 0 unspecified atom stereocenters. The van der Waals surface area contributed by atoms with Gasteiger partial charge in [0.25, 0.3) is 0 Å². The number of rotatable bonds is 2. The topological polar surface area (TPSA) is 57.6 Å². The fourth-order valence-electron chi connectivity index (χ4n) is 5.20. The minimum Gasteiger partial charge on any atom is -0.481 e. The number of aliphatic carboxylic acids is 1. The molecule has 1 N–H and O–H groups in total. The number of carboxylic acid groups (broad SMARTS) is 1. The van der Waals surface area contributed by atoms with Crippen molar-refractivity contribution in [2.24, 2.45) is 23.7 Å². The second-order valence-corrected chi connectivity index (χ2v) is 7.51. The zero-order chi connectivity index (χ0) is 16.0. The van der Waals surface area contributed by atoms with Crippen molar-refractivity contribution < 1.29 is 14.7 Å². The predicted molar refractivity (Wildman–Crippen MR) is 84.2 cm³/mol. The lowest BCUT2D eigenvalue weighted by Crippen LogP contribution is -2.49. The maximum atomic E-state index is 13.1. The van der Waals surface area contributed by atoms with Gasteiger partial charge in [0, 0.05) is 12.6 Å². The number of allylic oxidation sites excluding steroid dienone is 2. The monoisotopic (exact) mass is 305 g/mol. The van der Waals surface area contributed by atoms with Crippen LogP contribution in [0.15, 0.2) is 11.1 Å². The summed E-state index contributed by atoms with van der Waals surface area (Å²) in [4.78, 5) is 26.9. The van der Waals surface area contributed by atoms with E-state index in [0.29, 0.717) is 0 Å². The number of hydrogen-bond donors (Lipinski definition) is 1. The van der Waals surface area contributed by atoms with Crippen LogP contribution in [0.1, 0.15) is 52.9 Å². The molecule has 0 aromatic heterocycles. The minimum absolute atomic E-state index is 0.0848. The van der Waals surface area contributed by atoms with Gasteiger partial charge in [-0.1, -0.05) is 11.1 Å². The maximum absolute atomic E-state index is 13.1. The summed E-state index contributed by atoms with van der Waals surface area (Å²) in [5.74, 6) is -1.27. The van der Waals surface area contributed by atoms with Crippen LogP contribution in [-0.4, -0.2) is 34.5 Å². The smallest absolute Gasteiger partial charge is 0.307 e. The van der Waals surface area contributed by atoms with Gasteiger partial charge in [-0.05, 0) is 64.7 Å². The zero-order valence-electron chi connectivity index (χ0n) is 13.8. The van der Waals surface area contributed by atoms with Gasteiger partial charge in [0.15, 0.2) is 0 Å². The van der Waals surface area contributed by atoms with Crippen LogP contribution < -0.4 is 0 Å². The van der Waals surface area contributed by atoms with Crippen LogP contribution in [0.25, 0.3) is 0 Å². The second kappa shape index (κ2) is 5.71. The van der Waals surface area contributed by atoms with Crippen LogP contribution in [0, 0.1) is 23.7 Å². The molecule has 4 nitrogen and oxygen atoms in total. The quantitative estimate of drug-likeness (QED) is 0.798. The van der Waals surface area contributed by atoms with E-state index in [1.165, 1.54) is 17.6 Å². The molecule has 0 spiro atoms. The summed E-state index contributed by atoms with van der Waals surface area (Å²) in [6.45, 7) is 7.03. The molecule has 3 aliphatic rings. The van der Waals surface area contributed by atoms with E-state index in [2.05, 4.69) is 20.8 Å². The predicted octanol–water partition coefficient (Wildman–Crippen LogP) is 3.08. The largest absolute Gasteiger partial charge is 0.481 e. The first-order chi connectivity index (χ1) is 10.4. The summed E-state index contributed by atoms with van der Waals surface area (Å²) in [5.41, 5.74) is 2.50. The number of carbonyl (C=O) groups excluding carboxylic acids is 1. The van der Waals surface area contributed by atoms with Gasteiger partial charge in [0.1, 0.15) is 0 Å². The summed E-state index contributed by atoms with van der Waals surface area (Å²) < 4.78 is 0. The first-order valence-electron chi connectivity index (χ1n) is 8.64. The molecule has 2 bridgehead atoms. The molecule has 0 radical (unpaired) electrons. The van der Waals surface area contributed by atoms with E-state index in [0.717, 1.165) is 32.2 Å². The molecule has 3 fully saturated rings. The Kier molecular flexibility index (Phi) is 4.04. The number of carboxylic acids is 1. The van der Waals surface area contributed by atoms with Crippen LogP contribution >= 0.6 is 0 Å². The third kappa shape index (κ3) is 2.27. The lowest BCUT2D eigenvalue weighted by atomic mass is 9.78. The lowest BCUT2D eigenvalue weighted by molar-refractivity contribution is -0.154. The third-order valence-electron chi connectivity index (χ3n) is 6.08. The third-order valence-corrected chi connectivity index (χ3v) is 6.08. The number of amides is 1. The number of nitrogens with zero attached hydrogens (tertiary/aromatic N) is 1. The summed E-state index contributed by atoms with van der Waals surface area (Å²) in [5, 5.41) is 9.73. The fraction of sp³-hybridized carbons (Fsp3) is 0.778. The summed E-state index contributed by atoms with van der Waals surface area (Å²) in [7, 11) is 0. The molecule has 122 valence electrons. The average molecular weight is 305 g/mol. The van der Waals surface area contributed by atoms with Crippen molar-refractivity contribution in [3.8, 4) is 0 Å². The van der Waals surface area contributed by atoms with Crippen LogP contribution in [0.3, 0.4) is 0 Å². The van der Waals surface area contributed by atoms with Gasteiger partial charge in [-0.15, -0.1) is 0 Å². The highest BCUT2D eigenvalue weighted by molar-refractivity contribution is 5.88. The molecule has 1 heterocycles. The molecule has 4 heteroatoms. The molecular formula is C18H27NO3. The molecule has 1 aliphatic heterocycles.